The number of hydrogen-bond donors (Lipinski definition) is 0. The van der Waals surface area contributed by atoms with Crippen LogP contribution in [0.4, 0.5) is 0 Å². The molecule has 0 aliphatic carbocycles. The van der Waals surface area contributed by atoms with E-state index < -0.39 is 0 Å². The molecule has 8 aromatic rings. The van der Waals surface area contributed by atoms with E-state index >= 15 is 0 Å². The molecule has 8 aromatic carbocycles. The van der Waals surface area contributed by atoms with E-state index in [1.165, 1.54) is 44.5 Å². The number of benzene rings is 8. The van der Waals surface area contributed by atoms with Crippen molar-refractivity contribution in [3.63, 3.8) is 0 Å². The van der Waals surface area contributed by atoms with Gasteiger partial charge >= 0.3 is 23.9 Å². The molecule has 0 N–H and O–H groups in total. The van der Waals surface area contributed by atoms with Gasteiger partial charge in [-0.3, -0.25) is 0 Å². The molecule has 0 aliphatic heterocycles. The minimum Gasteiger partial charge on any atom is -0.411 e. The normalized spacial score (nSPS) is 9.86. The van der Waals surface area contributed by atoms with Crippen LogP contribution in [-0.2, 0) is 103 Å². The third-order valence-electron chi connectivity index (χ3n) is 10.8. The fourth-order valence-corrected chi connectivity index (χ4v) is 8.20. The summed E-state index contributed by atoms with van der Waals surface area (Å²) in [6.07, 6.45) is 0. The average molecular weight is 1210 g/mol. The predicted molar refractivity (Wildman–Crippen MR) is 334 cm³/mol. The Hall–Kier alpha value is -5.00. The van der Waals surface area contributed by atoms with E-state index in [4.69, 9.17) is 99.4 Å². The summed E-state index contributed by atoms with van der Waals surface area (Å²) >= 11 is 41.2. The van der Waals surface area contributed by atoms with Crippen molar-refractivity contribution in [1.29, 1.82) is 0 Å². The third-order valence-corrected chi connectivity index (χ3v) is 12.8. The van der Waals surface area contributed by atoms with Crippen molar-refractivity contribution in [2.75, 3.05) is 0 Å². The van der Waals surface area contributed by atoms with Gasteiger partial charge in [0.25, 0.3) is 0 Å². The van der Waals surface area contributed by atoms with Gasteiger partial charge in [0.1, 0.15) is 0 Å². The molecule has 0 saturated carbocycles. The van der Waals surface area contributed by atoms with E-state index in [0.717, 1.165) is 52.4 Å². The van der Waals surface area contributed by atoms with E-state index in [0.29, 0.717) is 17.3 Å². The molecule has 0 unspecified atom stereocenters. The molecular weight excluding hydrogens is 1150 g/mol. The Labute approximate surface area is 494 Å². The number of thiocarbonyl (C=S) groups is 4. The number of rotatable bonds is 16. The van der Waals surface area contributed by atoms with Crippen LogP contribution >= 0.6 is 48.9 Å². The summed E-state index contributed by atoms with van der Waals surface area (Å²) in [7, 11) is 0. The number of nitrogens with zero attached hydrogens (tertiary/aromatic N) is 4. The van der Waals surface area contributed by atoms with Gasteiger partial charge in [0.15, 0.2) is 0 Å². The molecule has 368 valence electrons. The van der Waals surface area contributed by atoms with Crippen LogP contribution in [0.1, 0.15) is 44.5 Å². The summed E-state index contributed by atoms with van der Waals surface area (Å²) in [6.45, 7) is 6.10. The van der Waals surface area contributed by atoms with Crippen LogP contribution in [-0.4, -0.2) is 60.8 Å². The first-order chi connectivity index (χ1) is 35.0. The van der Waals surface area contributed by atoms with Gasteiger partial charge in [-0.1, -0.05) is 260 Å². The quantitative estimate of drug-likeness (QED) is 0.0520. The zero-order chi connectivity index (χ0) is 51.2. The van der Waals surface area contributed by atoms with Gasteiger partial charge in [0, 0.05) is 52.4 Å². The summed E-state index contributed by atoms with van der Waals surface area (Å²) in [6, 6.07) is 82.0. The zero-order valence-electron chi connectivity index (χ0n) is 40.3. The van der Waals surface area contributed by atoms with Crippen molar-refractivity contribution in [2.45, 2.75) is 52.4 Å². The second-order valence-corrected chi connectivity index (χ2v) is 20.5. The summed E-state index contributed by atoms with van der Waals surface area (Å²) in [4.78, 5) is 8.15. The third kappa shape index (κ3) is 24.7. The Morgan fingerprint density at radius 2 is 0.315 bits per heavy atom. The maximum Gasteiger partial charge on any atom is 4.00 e. The van der Waals surface area contributed by atoms with Gasteiger partial charge in [-0.25, -0.2) is 0 Å². The first-order valence-corrected chi connectivity index (χ1v) is 26.4. The largest absolute Gasteiger partial charge is 4.00 e. The van der Waals surface area contributed by atoms with Gasteiger partial charge in [-0.05, 0) is 44.5 Å². The van der Waals surface area contributed by atoms with Crippen LogP contribution < -0.4 is 0 Å². The molecule has 0 radical (unpaired) electrons. The molecule has 0 heterocycles. The molecule has 0 aliphatic rings. The maximum atomic E-state index is 5.16. The first-order valence-electron chi connectivity index (χ1n) is 23.2. The summed E-state index contributed by atoms with van der Waals surface area (Å²) in [5.41, 5.74) is 9.78. The molecule has 0 spiro atoms. The first kappa shape index (κ1) is 60.6. The van der Waals surface area contributed by atoms with E-state index in [9.17, 15) is 0 Å². The Bertz CT molecular complexity index is 2220. The summed E-state index contributed by atoms with van der Waals surface area (Å²) < 4.78 is 2.07. The Balaban J connectivity index is 0.000000210. The molecule has 13 heteroatoms. The van der Waals surface area contributed by atoms with Crippen molar-refractivity contribution in [2.24, 2.45) is 0 Å². The monoisotopic (exact) mass is 1210 g/mol. The minimum atomic E-state index is 0. The standard InChI is InChI=1S/4C15H15NS2.Sn/c4*17-15(18)16(11-13-7-3-1-4-8-13)12-14-9-5-2-6-10-14;/h4*1-10H,11-12H2,(H,17,18);/q;;;;+4/p-4. The molecule has 8 rings (SSSR count). The minimum absolute atomic E-state index is 0. The van der Waals surface area contributed by atoms with Gasteiger partial charge in [-0.15, -0.1) is 0 Å². The van der Waals surface area contributed by atoms with Crippen LogP contribution in [0.25, 0.3) is 0 Å². The number of hydrogen-bond acceptors (Lipinski definition) is 8. The molecule has 4 nitrogen and oxygen atoms in total. The molecule has 0 saturated heterocycles. The topological polar surface area (TPSA) is 13.0 Å². The van der Waals surface area contributed by atoms with Crippen molar-refractivity contribution in [3.05, 3.63) is 287 Å². The molecular formula is C60H56N4S8Sn. The fraction of sp³-hybridized carbons (Fsp3) is 0.133. The molecule has 73 heavy (non-hydrogen) atoms. The fourth-order valence-electron chi connectivity index (χ4n) is 7.17. The van der Waals surface area contributed by atoms with Crippen LogP contribution in [0.5, 0.6) is 0 Å². The summed E-state index contributed by atoms with van der Waals surface area (Å²) in [5, 5.41) is 0. The van der Waals surface area contributed by atoms with Gasteiger partial charge < -0.3 is 119 Å². The van der Waals surface area contributed by atoms with Crippen molar-refractivity contribution in [3.8, 4) is 0 Å². The molecule has 0 bridgehead atoms. The molecule has 0 fully saturated rings. The zero-order valence-corrected chi connectivity index (χ0v) is 49.7. The second kappa shape index (κ2) is 35.2. The van der Waals surface area contributed by atoms with Crippen molar-refractivity contribution in [1.82, 2.24) is 19.6 Å². The predicted octanol–water partition coefficient (Wildman–Crippen LogP) is 13.7. The van der Waals surface area contributed by atoms with Crippen LogP contribution in [0.15, 0.2) is 243 Å². The van der Waals surface area contributed by atoms with E-state index in [1.807, 2.05) is 165 Å². The Kier molecular flexibility index (Phi) is 29.2. The van der Waals surface area contributed by atoms with Gasteiger partial charge in [0.2, 0.25) is 0 Å². The second-order valence-electron chi connectivity index (χ2n) is 16.4. The van der Waals surface area contributed by atoms with Gasteiger partial charge in [-0.2, -0.15) is 0 Å². The average Bonchev–Trinajstić information content (AvgIpc) is 3.41. The van der Waals surface area contributed by atoms with Crippen LogP contribution in [0, 0.1) is 0 Å². The van der Waals surface area contributed by atoms with E-state index in [2.05, 4.69) is 97.1 Å². The van der Waals surface area contributed by atoms with Crippen molar-refractivity contribution >= 4 is 141 Å². The molecule has 0 atom stereocenters. The smallest absolute Gasteiger partial charge is 0.411 e. The molecule has 0 amide bonds. The van der Waals surface area contributed by atoms with Crippen molar-refractivity contribution < 1.29 is 0 Å². The van der Waals surface area contributed by atoms with E-state index in [-0.39, 0.29) is 23.9 Å². The maximum absolute atomic E-state index is 5.16. The van der Waals surface area contributed by atoms with E-state index in [1.54, 1.807) is 0 Å². The Morgan fingerprint density at radius 1 is 0.219 bits per heavy atom. The SMILES string of the molecule is S=C([S-])N(Cc1ccccc1)Cc1ccccc1.S=C([S-])N(Cc1ccccc1)Cc1ccccc1.S=C([S-])N(Cc1ccccc1)Cc1ccccc1.S=C([S-])N(Cc1ccccc1)Cc1ccccc1.[Sn+4]. The summed E-state index contributed by atoms with van der Waals surface area (Å²) in [5.74, 6) is 0. The molecule has 0 aromatic heterocycles. The van der Waals surface area contributed by atoms with Gasteiger partial charge in [0.05, 0.1) is 0 Å². The Morgan fingerprint density at radius 3 is 0.397 bits per heavy atom. The van der Waals surface area contributed by atoms with Crippen LogP contribution in [0.3, 0.4) is 0 Å². The van der Waals surface area contributed by atoms with Crippen LogP contribution in [0.2, 0.25) is 0 Å².